The normalized spacial score (nSPS) is 27.4. The number of carbonyl (C=O) groups excluding carboxylic acids is 1. The molecule has 130 valence electrons. The third kappa shape index (κ3) is 1.93. The number of aromatic nitrogens is 2. The lowest BCUT2D eigenvalue weighted by molar-refractivity contribution is -0.145. The third-order valence-electron chi connectivity index (χ3n) is 5.51. The van der Waals surface area contributed by atoms with Crippen LogP contribution in [-0.2, 0) is 15.7 Å². The van der Waals surface area contributed by atoms with Crippen LogP contribution in [0.1, 0.15) is 37.2 Å². The Hall–Kier alpha value is -2.47. The van der Waals surface area contributed by atoms with Crippen LogP contribution in [0.4, 0.5) is 5.69 Å². The maximum absolute atomic E-state index is 12.5. The van der Waals surface area contributed by atoms with Gasteiger partial charge in [0.15, 0.2) is 0 Å². The Balaban J connectivity index is 1.75. The number of imidazole rings is 1. The number of benzene rings is 1. The highest BCUT2D eigenvalue weighted by Crippen LogP contribution is 2.52. The number of fused-ring (bicyclic) bond motifs is 2. The Morgan fingerprint density at radius 1 is 1.27 bits per heavy atom. The zero-order chi connectivity index (χ0) is 18.1. The zero-order valence-electron chi connectivity index (χ0n) is 14.5. The lowest BCUT2D eigenvalue weighted by Gasteiger charge is -2.49. The highest BCUT2D eigenvalue weighted by atomic mass is 79.9. The average molecular weight is 409 g/mol. The molecule has 1 amide bonds. The first-order chi connectivity index (χ1) is 12.4. The number of nitrogens with one attached hydrogen (secondary N) is 1. The Bertz CT molecular complexity index is 1050. The number of H-pyrrole nitrogens is 1. The van der Waals surface area contributed by atoms with E-state index in [2.05, 4.69) is 58.0 Å². The highest BCUT2D eigenvalue weighted by molar-refractivity contribution is 9.10. The zero-order valence-corrected chi connectivity index (χ0v) is 16.0. The molecule has 1 fully saturated rings. The molecule has 3 aliphatic rings. The SMILES string of the molecule is CC1(C)/C=C/C2=Nc3cc(Br)ccc3[C@@]23CC(=O)N3/C=C\c2nc[nH]c21. The van der Waals surface area contributed by atoms with Crippen molar-refractivity contribution >= 4 is 39.3 Å². The number of β-lactam (4-membered cyclic amide) rings is 1. The van der Waals surface area contributed by atoms with Crippen LogP contribution in [0.25, 0.3) is 6.08 Å². The van der Waals surface area contributed by atoms with Crippen LogP contribution in [0.15, 0.2) is 52.3 Å². The van der Waals surface area contributed by atoms with Crippen molar-refractivity contribution in [3.05, 3.63) is 64.3 Å². The molecule has 0 unspecified atom stereocenters. The summed E-state index contributed by atoms with van der Waals surface area (Å²) < 4.78 is 0.983. The first-order valence-electron chi connectivity index (χ1n) is 8.54. The molecule has 5 rings (SSSR count). The van der Waals surface area contributed by atoms with Crippen LogP contribution in [0.3, 0.4) is 0 Å². The lowest BCUT2D eigenvalue weighted by atomic mass is 9.74. The van der Waals surface area contributed by atoms with Crippen LogP contribution >= 0.6 is 15.9 Å². The van der Waals surface area contributed by atoms with Crippen molar-refractivity contribution in [2.24, 2.45) is 4.99 Å². The van der Waals surface area contributed by atoms with E-state index >= 15 is 0 Å². The standard InChI is InChI=1S/C20H17BrN4O/c1-19(2)7-5-16-20(13-4-3-12(21)9-15(13)24-16)10-17(26)25(20)8-6-14-18(19)23-11-22-14/h3-9,11H,10H2,1-2H3,(H,22,23)/b7-5+,8-6-/t20-/m0/s1. The molecule has 1 atom stereocenters. The molecule has 26 heavy (non-hydrogen) atoms. The van der Waals surface area contributed by atoms with Gasteiger partial charge in [-0.15, -0.1) is 0 Å². The van der Waals surface area contributed by atoms with Crippen molar-refractivity contribution in [1.29, 1.82) is 0 Å². The summed E-state index contributed by atoms with van der Waals surface area (Å²) in [6.45, 7) is 4.29. The number of aliphatic imine (C=N–C) groups is 1. The van der Waals surface area contributed by atoms with Gasteiger partial charge in [-0.3, -0.25) is 9.79 Å². The van der Waals surface area contributed by atoms with Crippen LogP contribution < -0.4 is 0 Å². The molecule has 1 aromatic heterocycles. The number of rotatable bonds is 0. The molecule has 0 saturated carbocycles. The average Bonchev–Trinajstić information content (AvgIpc) is 3.17. The molecule has 0 radical (unpaired) electrons. The smallest absolute Gasteiger partial charge is 0.230 e. The number of hydrogen-bond donors (Lipinski definition) is 1. The molecule has 1 aromatic carbocycles. The summed E-state index contributed by atoms with van der Waals surface area (Å²) >= 11 is 3.52. The molecule has 6 heteroatoms. The van der Waals surface area contributed by atoms with Crippen molar-refractivity contribution in [2.75, 3.05) is 0 Å². The van der Waals surface area contributed by atoms with E-state index in [1.807, 2.05) is 24.4 Å². The van der Waals surface area contributed by atoms with E-state index < -0.39 is 5.54 Å². The van der Waals surface area contributed by atoms with Crippen LogP contribution in [0, 0.1) is 0 Å². The van der Waals surface area contributed by atoms with Gasteiger partial charge in [0, 0.05) is 21.7 Å². The highest BCUT2D eigenvalue weighted by Gasteiger charge is 2.57. The van der Waals surface area contributed by atoms with Gasteiger partial charge in [-0.1, -0.05) is 41.9 Å². The number of aromatic amines is 1. The van der Waals surface area contributed by atoms with Crippen LogP contribution in [0.2, 0.25) is 0 Å². The summed E-state index contributed by atoms with van der Waals surface area (Å²) in [5.74, 6) is 0.0926. The van der Waals surface area contributed by atoms with Gasteiger partial charge in [0.25, 0.3) is 0 Å². The van der Waals surface area contributed by atoms with E-state index in [4.69, 9.17) is 4.99 Å². The fraction of sp³-hybridized carbons (Fsp3) is 0.250. The molecule has 4 heterocycles. The van der Waals surface area contributed by atoms with Crippen molar-refractivity contribution in [3.63, 3.8) is 0 Å². The lowest BCUT2D eigenvalue weighted by Crippen LogP contribution is -2.61. The van der Waals surface area contributed by atoms with Gasteiger partial charge in [0.1, 0.15) is 5.54 Å². The number of carbonyl (C=O) groups is 1. The van der Waals surface area contributed by atoms with E-state index in [0.717, 1.165) is 32.8 Å². The van der Waals surface area contributed by atoms with Crippen molar-refractivity contribution in [1.82, 2.24) is 14.9 Å². The van der Waals surface area contributed by atoms with Gasteiger partial charge in [0.05, 0.1) is 35.5 Å². The minimum atomic E-state index is -0.510. The fourth-order valence-electron chi connectivity index (χ4n) is 4.11. The second-order valence-electron chi connectivity index (χ2n) is 7.49. The van der Waals surface area contributed by atoms with Crippen molar-refractivity contribution < 1.29 is 4.79 Å². The third-order valence-corrected chi connectivity index (χ3v) is 6.00. The van der Waals surface area contributed by atoms with Gasteiger partial charge in [-0.05, 0) is 24.3 Å². The number of nitrogens with zero attached hydrogens (tertiary/aromatic N) is 3. The Morgan fingerprint density at radius 2 is 2.12 bits per heavy atom. The molecule has 0 aliphatic carbocycles. The van der Waals surface area contributed by atoms with E-state index in [1.54, 1.807) is 11.2 Å². The monoisotopic (exact) mass is 408 g/mol. The van der Waals surface area contributed by atoms with E-state index in [-0.39, 0.29) is 11.3 Å². The summed E-state index contributed by atoms with van der Waals surface area (Å²) in [4.78, 5) is 26.8. The first kappa shape index (κ1) is 15.8. The molecule has 5 nitrogen and oxygen atoms in total. The van der Waals surface area contributed by atoms with Crippen LogP contribution in [0.5, 0.6) is 0 Å². The van der Waals surface area contributed by atoms with Crippen molar-refractivity contribution in [3.8, 4) is 0 Å². The predicted molar refractivity (Wildman–Crippen MR) is 104 cm³/mol. The van der Waals surface area contributed by atoms with E-state index in [0.29, 0.717) is 6.42 Å². The number of hydrogen-bond acceptors (Lipinski definition) is 3. The van der Waals surface area contributed by atoms with E-state index in [1.165, 1.54) is 0 Å². The number of halogens is 1. The first-order valence-corrected chi connectivity index (χ1v) is 9.34. The molecular weight excluding hydrogens is 392 g/mol. The maximum Gasteiger partial charge on any atom is 0.230 e. The van der Waals surface area contributed by atoms with Crippen LogP contribution in [-0.4, -0.2) is 26.5 Å². The molecule has 1 N–H and O–H groups in total. The minimum Gasteiger partial charge on any atom is -0.347 e. The predicted octanol–water partition coefficient (Wildman–Crippen LogP) is 4.20. The quantitative estimate of drug-likeness (QED) is 0.663. The van der Waals surface area contributed by atoms with Crippen molar-refractivity contribution in [2.45, 2.75) is 31.2 Å². The fourth-order valence-corrected chi connectivity index (χ4v) is 4.45. The molecule has 3 aliphatic heterocycles. The van der Waals surface area contributed by atoms with Gasteiger partial charge in [0.2, 0.25) is 5.91 Å². The number of amides is 1. The Morgan fingerprint density at radius 3 is 2.92 bits per heavy atom. The maximum atomic E-state index is 12.5. The number of allylic oxidation sites excluding steroid dienone is 1. The molecular formula is C20H17BrN4O. The second-order valence-corrected chi connectivity index (χ2v) is 8.41. The largest absolute Gasteiger partial charge is 0.347 e. The summed E-state index contributed by atoms with van der Waals surface area (Å²) in [6.07, 6.45) is 10.1. The topological polar surface area (TPSA) is 61.4 Å². The Labute approximate surface area is 159 Å². The summed E-state index contributed by atoms with van der Waals surface area (Å²) in [6, 6.07) is 6.08. The van der Waals surface area contributed by atoms with Gasteiger partial charge in [-0.2, -0.15) is 0 Å². The summed E-state index contributed by atoms with van der Waals surface area (Å²) in [7, 11) is 0. The molecule has 0 bridgehead atoms. The molecule has 2 aromatic rings. The van der Waals surface area contributed by atoms with Gasteiger partial charge >= 0.3 is 0 Å². The van der Waals surface area contributed by atoms with Gasteiger partial charge in [-0.25, -0.2) is 4.98 Å². The summed E-state index contributed by atoms with van der Waals surface area (Å²) in [5.41, 5.74) is 4.03. The second kappa shape index (κ2) is 5.04. The van der Waals surface area contributed by atoms with E-state index in [9.17, 15) is 4.79 Å². The molecule has 1 spiro atoms. The summed E-state index contributed by atoms with van der Waals surface area (Å²) in [5, 5.41) is 0. The Kier molecular flexibility index (Phi) is 3.05. The van der Waals surface area contributed by atoms with Gasteiger partial charge < -0.3 is 9.88 Å². The minimum absolute atomic E-state index is 0.0926. The molecule has 1 saturated heterocycles.